The Morgan fingerprint density at radius 3 is 2.55 bits per heavy atom. The van der Waals surface area contributed by atoms with Gasteiger partial charge in [-0.2, -0.15) is 0 Å². The third-order valence-corrected chi connectivity index (χ3v) is 2.36. The Kier molecular flexibility index (Phi) is 1.19. The van der Waals surface area contributed by atoms with Crippen LogP contribution in [0.1, 0.15) is 19.3 Å². The first-order valence-electron chi connectivity index (χ1n) is 3.78. The molecule has 2 amide bonds. The number of hydrogen-bond acceptors (Lipinski definition) is 2. The maximum absolute atomic E-state index is 10.9. The second-order valence-electron chi connectivity index (χ2n) is 3.28. The first-order valence-corrected chi connectivity index (χ1v) is 3.78. The number of carbonyl (C=O) groups excluding carboxylic acids is 2. The van der Waals surface area contributed by atoms with E-state index in [4.69, 9.17) is 0 Å². The number of nitrogens with one attached hydrogen (secondary N) is 2. The van der Waals surface area contributed by atoms with E-state index in [-0.39, 0.29) is 17.4 Å². The van der Waals surface area contributed by atoms with Crippen molar-refractivity contribution in [1.29, 1.82) is 0 Å². The Balaban J connectivity index is 2.13. The predicted molar refractivity (Wildman–Crippen MR) is 37.7 cm³/mol. The number of rotatable bonds is 0. The third-order valence-electron chi connectivity index (χ3n) is 2.36. The molecule has 1 spiro atoms. The van der Waals surface area contributed by atoms with Gasteiger partial charge in [-0.15, -0.1) is 0 Å². The molecule has 2 rings (SSSR count). The van der Waals surface area contributed by atoms with Crippen molar-refractivity contribution < 1.29 is 9.59 Å². The molecule has 2 aliphatic heterocycles. The summed E-state index contributed by atoms with van der Waals surface area (Å²) in [6.07, 6.45) is 1.82. The smallest absolute Gasteiger partial charge is 0.222 e. The Hall–Kier alpha value is -1.06. The molecule has 11 heavy (non-hydrogen) atoms. The van der Waals surface area contributed by atoms with Crippen LogP contribution in [0.4, 0.5) is 0 Å². The van der Waals surface area contributed by atoms with Crippen LogP contribution in [-0.2, 0) is 9.59 Å². The summed E-state index contributed by atoms with van der Waals surface area (Å²) in [5.41, 5.74) is -0.228. The van der Waals surface area contributed by atoms with Crippen molar-refractivity contribution in [2.45, 2.75) is 24.8 Å². The lowest BCUT2D eigenvalue weighted by atomic mass is 9.97. The van der Waals surface area contributed by atoms with Crippen LogP contribution in [0.3, 0.4) is 0 Å². The van der Waals surface area contributed by atoms with E-state index < -0.39 is 0 Å². The largest absolute Gasteiger partial charge is 0.354 e. The molecule has 2 heterocycles. The van der Waals surface area contributed by atoms with E-state index in [0.717, 1.165) is 6.42 Å². The maximum Gasteiger partial charge on any atom is 0.222 e. The Bertz CT molecular complexity index is 200. The minimum Gasteiger partial charge on any atom is -0.354 e. The fourth-order valence-corrected chi connectivity index (χ4v) is 1.74. The standard InChI is InChI=1S/C7H10N2O2/c10-5-1-2-7(9-5)3-6(11)8-4-7/h1-4H2,(H,8,11)(H,9,10). The van der Waals surface area contributed by atoms with Gasteiger partial charge in [0.25, 0.3) is 0 Å². The lowest BCUT2D eigenvalue weighted by molar-refractivity contribution is -0.119. The average molecular weight is 154 g/mol. The molecule has 60 valence electrons. The summed E-state index contributed by atoms with van der Waals surface area (Å²) >= 11 is 0. The Morgan fingerprint density at radius 1 is 1.27 bits per heavy atom. The van der Waals surface area contributed by atoms with E-state index in [1.165, 1.54) is 0 Å². The van der Waals surface area contributed by atoms with Crippen LogP contribution < -0.4 is 10.6 Å². The Morgan fingerprint density at radius 2 is 2.09 bits per heavy atom. The number of hydrogen-bond donors (Lipinski definition) is 2. The van der Waals surface area contributed by atoms with E-state index in [0.29, 0.717) is 19.4 Å². The average Bonchev–Trinajstić information content (AvgIpc) is 2.44. The van der Waals surface area contributed by atoms with E-state index in [1.807, 2.05) is 0 Å². The van der Waals surface area contributed by atoms with Crippen molar-refractivity contribution >= 4 is 11.8 Å². The van der Waals surface area contributed by atoms with Gasteiger partial charge in [0.15, 0.2) is 0 Å². The zero-order valence-corrected chi connectivity index (χ0v) is 6.14. The molecule has 0 radical (unpaired) electrons. The summed E-state index contributed by atoms with van der Waals surface area (Å²) in [5, 5.41) is 5.56. The molecule has 2 N–H and O–H groups in total. The van der Waals surface area contributed by atoms with E-state index >= 15 is 0 Å². The van der Waals surface area contributed by atoms with Gasteiger partial charge in [0.2, 0.25) is 11.8 Å². The summed E-state index contributed by atoms with van der Waals surface area (Å²) in [6, 6.07) is 0. The van der Waals surface area contributed by atoms with Gasteiger partial charge in [0.05, 0.1) is 12.0 Å². The van der Waals surface area contributed by atoms with Gasteiger partial charge in [-0.25, -0.2) is 0 Å². The van der Waals surface area contributed by atoms with Gasteiger partial charge in [-0.1, -0.05) is 0 Å². The summed E-state index contributed by atoms with van der Waals surface area (Å²) in [6.45, 7) is 0.609. The second kappa shape index (κ2) is 1.96. The SMILES string of the molecule is O=C1CC2(CCC(=O)N2)CN1. The van der Waals surface area contributed by atoms with Crippen molar-refractivity contribution in [3.63, 3.8) is 0 Å². The molecular weight excluding hydrogens is 144 g/mol. The summed E-state index contributed by atoms with van der Waals surface area (Å²) < 4.78 is 0. The zero-order chi connectivity index (χ0) is 7.90. The lowest BCUT2D eigenvalue weighted by Crippen LogP contribution is -2.43. The topological polar surface area (TPSA) is 58.2 Å². The van der Waals surface area contributed by atoms with Crippen molar-refractivity contribution in [3.8, 4) is 0 Å². The van der Waals surface area contributed by atoms with Crippen LogP contribution >= 0.6 is 0 Å². The van der Waals surface area contributed by atoms with E-state index in [1.54, 1.807) is 0 Å². The first kappa shape index (κ1) is 6.64. The van der Waals surface area contributed by atoms with Crippen molar-refractivity contribution in [1.82, 2.24) is 10.6 Å². The van der Waals surface area contributed by atoms with Crippen molar-refractivity contribution in [2.75, 3.05) is 6.54 Å². The van der Waals surface area contributed by atoms with Crippen LogP contribution in [0.15, 0.2) is 0 Å². The quantitative estimate of drug-likeness (QED) is 0.477. The minimum absolute atomic E-state index is 0.0483. The maximum atomic E-state index is 10.9. The number of carbonyl (C=O) groups is 2. The van der Waals surface area contributed by atoms with Gasteiger partial charge in [0, 0.05) is 13.0 Å². The monoisotopic (exact) mass is 154 g/mol. The van der Waals surface area contributed by atoms with Crippen LogP contribution in [0.2, 0.25) is 0 Å². The molecule has 2 fully saturated rings. The third kappa shape index (κ3) is 0.982. The number of amides is 2. The molecule has 0 aromatic rings. The van der Waals surface area contributed by atoms with E-state index in [9.17, 15) is 9.59 Å². The predicted octanol–water partition coefficient (Wildman–Crippen LogP) is -0.845. The van der Waals surface area contributed by atoms with Crippen LogP contribution in [0.5, 0.6) is 0 Å². The highest BCUT2D eigenvalue weighted by atomic mass is 16.2. The summed E-state index contributed by atoms with van der Waals surface area (Å²) in [5.74, 6) is 0.119. The molecule has 0 saturated carbocycles. The fourth-order valence-electron chi connectivity index (χ4n) is 1.74. The highest BCUT2D eigenvalue weighted by Crippen LogP contribution is 2.26. The van der Waals surface area contributed by atoms with Gasteiger partial charge in [-0.3, -0.25) is 9.59 Å². The van der Waals surface area contributed by atoms with Gasteiger partial charge >= 0.3 is 0 Å². The van der Waals surface area contributed by atoms with Gasteiger partial charge in [0.1, 0.15) is 0 Å². The van der Waals surface area contributed by atoms with Crippen LogP contribution in [0.25, 0.3) is 0 Å². The molecule has 0 aromatic heterocycles. The highest BCUT2D eigenvalue weighted by molar-refractivity contribution is 5.85. The molecule has 0 bridgehead atoms. The minimum atomic E-state index is -0.228. The summed E-state index contributed by atoms with van der Waals surface area (Å²) in [7, 11) is 0. The molecule has 1 atom stereocenters. The summed E-state index contributed by atoms with van der Waals surface area (Å²) in [4.78, 5) is 21.7. The molecule has 0 aliphatic carbocycles. The molecule has 2 saturated heterocycles. The van der Waals surface area contributed by atoms with E-state index in [2.05, 4.69) is 10.6 Å². The lowest BCUT2D eigenvalue weighted by Gasteiger charge is -2.19. The molecule has 0 aromatic carbocycles. The molecule has 4 nitrogen and oxygen atoms in total. The molecular formula is C7H10N2O2. The molecule has 2 aliphatic rings. The highest BCUT2D eigenvalue weighted by Gasteiger charge is 2.43. The second-order valence-corrected chi connectivity index (χ2v) is 3.28. The molecule has 1 unspecified atom stereocenters. The van der Waals surface area contributed by atoms with Crippen LogP contribution in [-0.4, -0.2) is 23.9 Å². The van der Waals surface area contributed by atoms with Gasteiger partial charge in [-0.05, 0) is 6.42 Å². The van der Waals surface area contributed by atoms with Crippen LogP contribution in [0, 0.1) is 0 Å². The molecule has 4 heteroatoms. The fraction of sp³-hybridized carbons (Fsp3) is 0.714. The van der Waals surface area contributed by atoms with Crippen molar-refractivity contribution in [2.24, 2.45) is 0 Å². The Labute approximate surface area is 64.3 Å². The zero-order valence-electron chi connectivity index (χ0n) is 6.14. The van der Waals surface area contributed by atoms with Crippen molar-refractivity contribution in [3.05, 3.63) is 0 Å². The normalized spacial score (nSPS) is 36.0. The first-order chi connectivity index (χ1) is 5.20. The van der Waals surface area contributed by atoms with Gasteiger partial charge < -0.3 is 10.6 Å².